The Bertz CT molecular complexity index is 1250. The van der Waals surface area contributed by atoms with Crippen molar-refractivity contribution in [2.45, 2.75) is 38.5 Å². The number of hydrogen-bond donors (Lipinski definition) is 2. The molecule has 1 aliphatic rings. The Hall–Kier alpha value is -3.30. The monoisotopic (exact) mass is 470 g/mol. The summed E-state index contributed by atoms with van der Waals surface area (Å²) < 4.78 is 28.9. The van der Waals surface area contributed by atoms with Gasteiger partial charge in [-0.1, -0.05) is 30.7 Å². The highest BCUT2D eigenvalue weighted by Crippen LogP contribution is 2.20. The SMILES string of the molecule is Nc1c(C(O)CN2CCCCC2)c(=O)n(Cc2ccc(F)cc2)c(=O)n1Cc1ccc(F)cc1. The van der Waals surface area contributed by atoms with E-state index >= 15 is 0 Å². The molecule has 2 heterocycles. The molecule has 1 aliphatic heterocycles. The Morgan fingerprint density at radius 2 is 1.32 bits per heavy atom. The third-order valence-corrected chi connectivity index (χ3v) is 6.23. The molecule has 2 aromatic carbocycles. The number of nitrogens with two attached hydrogens (primary N) is 1. The van der Waals surface area contributed by atoms with Crippen LogP contribution in [0.15, 0.2) is 58.1 Å². The van der Waals surface area contributed by atoms with Gasteiger partial charge in [-0.2, -0.15) is 0 Å². The zero-order chi connectivity index (χ0) is 24.2. The van der Waals surface area contributed by atoms with Gasteiger partial charge in [-0.25, -0.2) is 13.6 Å². The van der Waals surface area contributed by atoms with Crippen LogP contribution >= 0.6 is 0 Å². The molecule has 1 unspecified atom stereocenters. The van der Waals surface area contributed by atoms with E-state index in [9.17, 15) is 23.5 Å². The van der Waals surface area contributed by atoms with Crippen molar-refractivity contribution in [1.82, 2.24) is 14.0 Å². The van der Waals surface area contributed by atoms with Crippen LogP contribution < -0.4 is 17.0 Å². The summed E-state index contributed by atoms with van der Waals surface area (Å²) in [6, 6.07) is 11.1. The quantitative estimate of drug-likeness (QED) is 0.554. The number of aliphatic hydroxyl groups excluding tert-OH is 1. The van der Waals surface area contributed by atoms with Crippen molar-refractivity contribution in [2.75, 3.05) is 25.4 Å². The summed E-state index contributed by atoms with van der Waals surface area (Å²) in [4.78, 5) is 28.8. The first-order chi connectivity index (χ1) is 16.3. The summed E-state index contributed by atoms with van der Waals surface area (Å²) >= 11 is 0. The van der Waals surface area contributed by atoms with Crippen molar-refractivity contribution in [1.29, 1.82) is 0 Å². The van der Waals surface area contributed by atoms with E-state index in [0.717, 1.165) is 36.9 Å². The van der Waals surface area contributed by atoms with Crippen molar-refractivity contribution in [2.24, 2.45) is 0 Å². The van der Waals surface area contributed by atoms with E-state index in [1.54, 1.807) is 0 Å². The van der Waals surface area contributed by atoms with E-state index in [1.165, 1.54) is 53.1 Å². The summed E-state index contributed by atoms with van der Waals surface area (Å²) in [7, 11) is 0. The number of rotatable bonds is 7. The van der Waals surface area contributed by atoms with Crippen molar-refractivity contribution >= 4 is 5.82 Å². The summed E-state index contributed by atoms with van der Waals surface area (Å²) in [5.41, 5.74) is 6.08. The second-order valence-corrected chi connectivity index (χ2v) is 8.69. The van der Waals surface area contributed by atoms with E-state index in [2.05, 4.69) is 4.90 Å². The third-order valence-electron chi connectivity index (χ3n) is 6.23. The number of aliphatic hydroxyl groups is 1. The molecule has 0 amide bonds. The molecule has 0 spiro atoms. The molecule has 9 heteroatoms. The van der Waals surface area contributed by atoms with E-state index in [0.29, 0.717) is 11.1 Å². The average molecular weight is 471 g/mol. The molecule has 3 aromatic rings. The van der Waals surface area contributed by atoms with Crippen LogP contribution in [-0.4, -0.2) is 38.8 Å². The largest absolute Gasteiger partial charge is 0.387 e. The van der Waals surface area contributed by atoms with Gasteiger partial charge in [0.05, 0.1) is 18.7 Å². The predicted molar refractivity (Wildman–Crippen MR) is 126 cm³/mol. The van der Waals surface area contributed by atoms with Crippen LogP contribution in [0, 0.1) is 11.6 Å². The molecular weight excluding hydrogens is 442 g/mol. The number of likely N-dealkylation sites (tertiary alicyclic amines) is 1. The summed E-state index contributed by atoms with van der Waals surface area (Å²) in [5.74, 6) is -0.957. The van der Waals surface area contributed by atoms with Gasteiger partial charge in [-0.05, 0) is 61.3 Å². The fourth-order valence-corrected chi connectivity index (χ4v) is 4.36. The van der Waals surface area contributed by atoms with Crippen molar-refractivity contribution in [3.63, 3.8) is 0 Å². The number of aromatic nitrogens is 2. The first-order valence-electron chi connectivity index (χ1n) is 11.4. The Labute approximate surface area is 195 Å². The van der Waals surface area contributed by atoms with Crippen LogP contribution in [0.25, 0.3) is 0 Å². The van der Waals surface area contributed by atoms with Gasteiger partial charge >= 0.3 is 5.69 Å². The van der Waals surface area contributed by atoms with Crippen LogP contribution in [0.3, 0.4) is 0 Å². The lowest BCUT2D eigenvalue weighted by molar-refractivity contribution is 0.1000. The first kappa shape index (κ1) is 23.8. The minimum Gasteiger partial charge on any atom is -0.387 e. The minimum atomic E-state index is -1.19. The molecule has 0 aliphatic carbocycles. The summed E-state index contributed by atoms with van der Waals surface area (Å²) in [6.45, 7) is 1.75. The molecule has 0 bridgehead atoms. The third kappa shape index (κ3) is 5.26. The zero-order valence-electron chi connectivity index (χ0n) is 18.8. The summed E-state index contributed by atoms with van der Waals surface area (Å²) in [5, 5.41) is 11.0. The van der Waals surface area contributed by atoms with E-state index in [-0.39, 0.29) is 31.0 Å². The molecule has 1 saturated heterocycles. The van der Waals surface area contributed by atoms with Crippen molar-refractivity contribution in [3.05, 3.63) is 97.7 Å². The van der Waals surface area contributed by atoms with Gasteiger partial charge in [0.25, 0.3) is 5.56 Å². The van der Waals surface area contributed by atoms with E-state index in [4.69, 9.17) is 5.73 Å². The van der Waals surface area contributed by atoms with Crippen LogP contribution in [0.2, 0.25) is 0 Å². The molecule has 180 valence electrons. The number of piperidine rings is 1. The molecule has 34 heavy (non-hydrogen) atoms. The predicted octanol–water partition coefficient (Wildman–Crippen LogP) is 2.49. The maximum Gasteiger partial charge on any atom is 0.333 e. The summed E-state index contributed by atoms with van der Waals surface area (Å²) in [6.07, 6.45) is 1.97. The lowest BCUT2D eigenvalue weighted by atomic mass is 10.1. The highest BCUT2D eigenvalue weighted by atomic mass is 19.1. The smallest absolute Gasteiger partial charge is 0.333 e. The second-order valence-electron chi connectivity index (χ2n) is 8.69. The van der Waals surface area contributed by atoms with Gasteiger partial charge in [-0.15, -0.1) is 0 Å². The molecule has 4 rings (SSSR count). The maximum absolute atomic E-state index is 13.4. The Morgan fingerprint density at radius 1 is 0.824 bits per heavy atom. The van der Waals surface area contributed by atoms with Gasteiger partial charge in [0.1, 0.15) is 23.6 Å². The topological polar surface area (TPSA) is 93.5 Å². The lowest BCUT2D eigenvalue weighted by Crippen LogP contribution is -2.45. The molecule has 1 atom stereocenters. The van der Waals surface area contributed by atoms with Crippen LogP contribution in [0.5, 0.6) is 0 Å². The van der Waals surface area contributed by atoms with Crippen molar-refractivity contribution < 1.29 is 13.9 Å². The normalized spacial score (nSPS) is 15.4. The van der Waals surface area contributed by atoms with Crippen LogP contribution in [-0.2, 0) is 13.1 Å². The number of hydrogen-bond acceptors (Lipinski definition) is 5. The maximum atomic E-state index is 13.4. The van der Waals surface area contributed by atoms with Crippen LogP contribution in [0.1, 0.15) is 42.1 Å². The fraction of sp³-hybridized carbons (Fsp3) is 0.360. The van der Waals surface area contributed by atoms with Gasteiger partial charge < -0.3 is 15.7 Å². The van der Waals surface area contributed by atoms with E-state index < -0.39 is 29.0 Å². The second kappa shape index (κ2) is 10.3. The van der Waals surface area contributed by atoms with Gasteiger partial charge in [-0.3, -0.25) is 13.9 Å². The zero-order valence-corrected chi connectivity index (χ0v) is 18.8. The number of halogens is 2. The molecule has 7 nitrogen and oxygen atoms in total. The van der Waals surface area contributed by atoms with Gasteiger partial charge in [0, 0.05) is 6.54 Å². The number of benzene rings is 2. The first-order valence-corrected chi connectivity index (χ1v) is 11.4. The lowest BCUT2D eigenvalue weighted by Gasteiger charge is -2.29. The Kier molecular flexibility index (Phi) is 7.23. The van der Waals surface area contributed by atoms with Crippen LogP contribution in [0.4, 0.5) is 14.6 Å². The highest BCUT2D eigenvalue weighted by Gasteiger charge is 2.25. The highest BCUT2D eigenvalue weighted by molar-refractivity contribution is 5.41. The molecular formula is C25H28F2N4O3. The standard InChI is InChI=1S/C25H28F2N4O3/c26-19-8-4-17(5-9-19)14-30-23(28)22(21(32)16-29-12-2-1-3-13-29)24(33)31(25(30)34)15-18-6-10-20(27)11-7-18/h4-11,21,32H,1-3,12-16,28H2. The Morgan fingerprint density at radius 3 is 1.85 bits per heavy atom. The average Bonchev–Trinajstić information content (AvgIpc) is 2.82. The number of anilines is 1. The molecule has 0 saturated carbocycles. The molecule has 1 aromatic heterocycles. The molecule has 1 fully saturated rings. The number of nitrogen functional groups attached to an aromatic ring is 1. The molecule has 3 N–H and O–H groups in total. The number of nitrogens with zero attached hydrogens (tertiary/aromatic N) is 3. The Balaban J connectivity index is 1.78. The van der Waals surface area contributed by atoms with Gasteiger partial charge in [0.2, 0.25) is 0 Å². The fourth-order valence-electron chi connectivity index (χ4n) is 4.36. The number of β-amino-alcohol motifs (C(OH)–C–C–N with tert-alkyl or cyclic N) is 1. The van der Waals surface area contributed by atoms with Crippen molar-refractivity contribution in [3.8, 4) is 0 Å². The molecule has 0 radical (unpaired) electrons. The minimum absolute atomic E-state index is 0.00191. The van der Waals surface area contributed by atoms with Gasteiger partial charge in [0.15, 0.2) is 0 Å². The van der Waals surface area contributed by atoms with E-state index in [1.807, 2.05) is 0 Å².